The van der Waals surface area contributed by atoms with Crippen LogP contribution in [-0.2, 0) is 24.6 Å². The highest BCUT2D eigenvalue weighted by Crippen LogP contribution is 2.19. The number of benzene rings is 1. The summed E-state index contributed by atoms with van der Waals surface area (Å²) in [6.07, 6.45) is 0.914. The summed E-state index contributed by atoms with van der Waals surface area (Å²) in [5.41, 5.74) is 0. The van der Waals surface area contributed by atoms with Crippen molar-refractivity contribution in [2.24, 2.45) is 0 Å². The molecule has 9 heteroatoms. The molecule has 0 spiro atoms. The predicted molar refractivity (Wildman–Crippen MR) is 71.2 cm³/mol. The molecule has 1 atom stereocenters. The molecule has 1 N–H and O–H groups in total. The zero-order valence-electron chi connectivity index (χ0n) is 11.3. The van der Waals surface area contributed by atoms with Crippen LogP contribution in [0.4, 0.5) is 4.39 Å². The Morgan fingerprint density at radius 1 is 1.30 bits per heavy atom. The van der Waals surface area contributed by atoms with Gasteiger partial charge in [0, 0.05) is 19.4 Å². The number of halogens is 1. The minimum absolute atomic E-state index is 0.104. The normalized spacial score (nSPS) is 14.2. The fourth-order valence-corrected chi connectivity index (χ4v) is 3.59. The molecule has 20 heavy (non-hydrogen) atoms. The first-order chi connectivity index (χ1) is 9.08. The van der Waals surface area contributed by atoms with E-state index in [-0.39, 0.29) is 11.5 Å². The Morgan fingerprint density at radius 3 is 2.40 bits per heavy atom. The second kappa shape index (κ2) is 6.17. The molecule has 0 bridgehead atoms. The minimum atomic E-state index is -4.16. The molecule has 0 aliphatic rings. The van der Waals surface area contributed by atoms with Gasteiger partial charge in [-0.3, -0.25) is 0 Å². The van der Waals surface area contributed by atoms with E-state index in [4.69, 9.17) is 4.74 Å². The van der Waals surface area contributed by atoms with Gasteiger partial charge in [0.15, 0.2) is 9.84 Å². The number of sulfone groups is 1. The maximum absolute atomic E-state index is 13.6. The van der Waals surface area contributed by atoms with Gasteiger partial charge >= 0.3 is 0 Å². The third-order valence-electron chi connectivity index (χ3n) is 2.39. The summed E-state index contributed by atoms with van der Waals surface area (Å²) in [6, 6.07) is 2.05. The molecule has 0 heterocycles. The fraction of sp³-hybridized carbons (Fsp3) is 0.455. The van der Waals surface area contributed by atoms with Crippen molar-refractivity contribution >= 4 is 19.9 Å². The molecule has 0 aliphatic heterocycles. The third kappa shape index (κ3) is 4.23. The predicted octanol–water partition coefficient (Wildman–Crippen LogP) is 0.542. The summed E-state index contributed by atoms with van der Waals surface area (Å²) in [5, 5.41) is 0. The van der Waals surface area contributed by atoms with E-state index >= 15 is 0 Å². The average molecular weight is 325 g/mol. The molecule has 1 aromatic carbocycles. The number of hydrogen-bond acceptors (Lipinski definition) is 5. The number of hydrogen-bond donors (Lipinski definition) is 1. The lowest BCUT2D eigenvalue weighted by Gasteiger charge is -2.14. The number of rotatable bonds is 6. The van der Waals surface area contributed by atoms with Crippen molar-refractivity contribution in [3.05, 3.63) is 24.0 Å². The molecule has 1 rings (SSSR count). The zero-order chi connectivity index (χ0) is 15.6. The molecule has 0 saturated carbocycles. The molecule has 0 aliphatic carbocycles. The molecule has 1 aromatic rings. The highest BCUT2D eigenvalue weighted by atomic mass is 32.2. The Kier molecular flexibility index (Phi) is 5.25. The van der Waals surface area contributed by atoms with Crippen LogP contribution in [-0.4, -0.2) is 42.8 Å². The van der Waals surface area contributed by atoms with Crippen molar-refractivity contribution in [1.82, 2.24) is 4.72 Å². The Balaban J connectivity index is 3.24. The molecule has 0 amide bonds. The lowest BCUT2D eigenvalue weighted by molar-refractivity contribution is 0.180. The van der Waals surface area contributed by atoms with Crippen molar-refractivity contribution in [3.8, 4) is 0 Å². The van der Waals surface area contributed by atoms with Gasteiger partial charge in [0.2, 0.25) is 10.0 Å². The first-order valence-corrected chi connectivity index (χ1v) is 8.96. The molecule has 0 saturated heterocycles. The molecule has 0 radical (unpaired) electrons. The summed E-state index contributed by atoms with van der Waals surface area (Å²) < 4.78 is 67.4. The standard InChI is InChI=1S/C11H16FNO5S2/c1-8(7-18-2)13-20(16,17)11-6-9(19(3,14)15)4-5-10(11)12/h4-6,8,13H,7H2,1-3H3. The Bertz CT molecular complexity index is 685. The van der Waals surface area contributed by atoms with Gasteiger partial charge in [0.05, 0.1) is 11.5 Å². The summed E-state index contributed by atoms with van der Waals surface area (Å²) in [6.45, 7) is 1.64. The van der Waals surface area contributed by atoms with Crippen LogP contribution in [0.15, 0.2) is 28.0 Å². The van der Waals surface area contributed by atoms with E-state index in [9.17, 15) is 21.2 Å². The molecule has 114 valence electrons. The molecular formula is C11H16FNO5S2. The van der Waals surface area contributed by atoms with Gasteiger partial charge in [0.25, 0.3) is 0 Å². The maximum atomic E-state index is 13.6. The zero-order valence-corrected chi connectivity index (χ0v) is 12.9. The van der Waals surface area contributed by atoms with Crippen molar-refractivity contribution in [1.29, 1.82) is 0 Å². The van der Waals surface area contributed by atoms with Crippen LogP contribution in [0.25, 0.3) is 0 Å². The van der Waals surface area contributed by atoms with Gasteiger partial charge < -0.3 is 4.74 Å². The molecule has 0 fully saturated rings. The SMILES string of the molecule is COCC(C)NS(=O)(=O)c1cc(S(C)(=O)=O)ccc1F. The van der Waals surface area contributed by atoms with E-state index in [1.807, 2.05) is 0 Å². The van der Waals surface area contributed by atoms with E-state index in [1.54, 1.807) is 6.92 Å². The van der Waals surface area contributed by atoms with Crippen LogP contribution in [0.2, 0.25) is 0 Å². The summed E-state index contributed by atoms with van der Waals surface area (Å²) in [7, 11) is -6.39. The molecular weight excluding hydrogens is 309 g/mol. The van der Waals surface area contributed by atoms with E-state index < -0.39 is 36.6 Å². The topological polar surface area (TPSA) is 89.5 Å². The smallest absolute Gasteiger partial charge is 0.243 e. The minimum Gasteiger partial charge on any atom is -0.383 e. The van der Waals surface area contributed by atoms with Crippen LogP contribution in [0.5, 0.6) is 0 Å². The van der Waals surface area contributed by atoms with Gasteiger partial charge in [-0.2, -0.15) is 0 Å². The second-order valence-electron chi connectivity index (χ2n) is 4.34. The van der Waals surface area contributed by atoms with Gasteiger partial charge in [0.1, 0.15) is 10.7 Å². The van der Waals surface area contributed by atoms with Crippen molar-refractivity contribution in [2.75, 3.05) is 20.0 Å². The van der Waals surface area contributed by atoms with Gasteiger partial charge in [-0.25, -0.2) is 25.9 Å². The van der Waals surface area contributed by atoms with Crippen LogP contribution >= 0.6 is 0 Å². The number of sulfonamides is 1. The van der Waals surface area contributed by atoms with Gasteiger partial charge in [-0.1, -0.05) is 0 Å². The van der Waals surface area contributed by atoms with Gasteiger partial charge in [-0.05, 0) is 25.1 Å². The highest BCUT2D eigenvalue weighted by Gasteiger charge is 2.23. The van der Waals surface area contributed by atoms with Crippen LogP contribution in [0.3, 0.4) is 0 Å². The largest absolute Gasteiger partial charge is 0.383 e. The number of methoxy groups -OCH3 is 1. The Morgan fingerprint density at radius 2 is 1.90 bits per heavy atom. The van der Waals surface area contributed by atoms with Crippen molar-refractivity contribution in [3.63, 3.8) is 0 Å². The second-order valence-corrected chi connectivity index (χ2v) is 8.04. The molecule has 6 nitrogen and oxygen atoms in total. The Labute approximate surface area is 117 Å². The van der Waals surface area contributed by atoms with Crippen LogP contribution < -0.4 is 4.72 Å². The highest BCUT2D eigenvalue weighted by molar-refractivity contribution is 7.91. The Hall–Kier alpha value is -1.03. The summed E-state index contributed by atoms with van der Waals surface area (Å²) >= 11 is 0. The van der Waals surface area contributed by atoms with Crippen LogP contribution in [0, 0.1) is 5.82 Å². The summed E-state index contributed by atoms with van der Waals surface area (Å²) in [4.78, 5) is -0.970. The van der Waals surface area contributed by atoms with Gasteiger partial charge in [-0.15, -0.1) is 0 Å². The first-order valence-electron chi connectivity index (χ1n) is 5.59. The number of nitrogens with one attached hydrogen (secondary N) is 1. The number of ether oxygens (including phenoxy) is 1. The monoisotopic (exact) mass is 325 g/mol. The van der Waals surface area contributed by atoms with E-state index in [1.165, 1.54) is 7.11 Å². The van der Waals surface area contributed by atoms with E-state index in [2.05, 4.69) is 4.72 Å². The lowest BCUT2D eigenvalue weighted by Crippen LogP contribution is -2.36. The van der Waals surface area contributed by atoms with Crippen molar-refractivity contribution in [2.45, 2.75) is 22.8 Å². The quantitative estimate of drug-likeness (QED) is 0.771. The fourth-order valence-electron chi connectivity index (χ4n) is 1.53. The molecule has 1 unspecified atom stereocenters. The lowest BCUT2D eigenvalue weighted by atomic mass is 10.3. The summed E-state index contributed by atoms with van der Waals surface area (Å²) in [5.74, 6) is -1.02. The van der Waals surface area contributed by atoms with Crippen molar-refractivity contribution < 1.29 is 26.0 Å². The maximum Gasteiger partial charge on any atom is 0.243 e. The molecule has 0 aromatic heterocycles. The third-order valence-corrected chi connectivity index (χ3v) is 5.11. The first kappa shape index (κ1) is 17.0. The van der Waals surface area contributed by atoms with E-state index in [0.717, 1.165) is 24.5 Å². The average Bonchev–Trinajstić information content (AvgIpc) is 2.26. The van der Waals surface area contributed by atoms with Crippen LogP contribution in [0.1, 0.15) is 6.92 Å². The van der Waals surface area contributed by atoms with E-state index in [0.29, 0.717) is 0 Å².